The number of likely N-dealkylation sites (tertiary alicyclic amines) is 1. The Morgan fingerprint density at radius 3 is 2.45 bits per heavy atom. The van der Waals surface area contributed by atoms with E-state index in [2.05, 4.69) is 6.07 Å². The van der Waals surface area contributed by atoms with Crippen LogP contribution in [0.25, 0.3) is 10.2 Å². The second-order valence-electron chi connectivity index (χ2n) is 8.78. The highest BCUT2D eigenvalue weighted by atomic mass is 32.2. The second-order valence-corrected chi connectivity index (χ2v) is 11.8. The number of rotatable bonds is 4. The molecular formula is C24H26FN3O3S2. The van der Waals surface area contributed by atoms with Gasteiger partial charge in [-0.2, -0.15) is 4.31 Å². The summed E-state index contributed by atoms with van der Waals surface area (Å²) < 4.78 is 41.8. The van der Waals surface area contributed by atoms with Gasteiger partial charge in [0.2, 0.25) is 15.9 Å². The number of piperidine rings is 2. The highest BCUT2D eigenvalue weighted by Crippen LogP contribution is 2.34. The first-order valence-corrected chi connectivity index (χ1v) is 13.6. The van der Waals surface area contributed by atoms with E-state index in [4.69, 9.17) is 4.98 Å². The van der Waals surface area contributed by atoms with Crippen LogP contribution in [0.15, 0.2) is 53.4 Å². The van der Waals surface area contributed by atoms with E-state index in [-0.39, 0.29) is 23.3 Å². The molecule has 0 saturated carbocycles. The third kappa shape index (κ3) is 4.54. The summed E-state index contributed by atoms with van der Waals surface area (Å²) in [5.74, 6) is -0.423. The summed E-state index contributed by atoms with van der Waals surface area (Å²) in [5.41, 5.74) is 1.03. The molecule has 0 spiro atoms. The molecule has 174 valence electrons. The maximum atomic E-state index is 13.2. The zero-order valence-corrected chi connectivity index (χ0v) is 19.8. The monoisotopic (exact) mass is 487 g/mol. The minimum atomic E-state index is -3.74. The van der Waals surface area contributed by atoms with Crippen LogP contribution in [0.1, 0.15) is 36.6 Å². The molecule has 1 atom stereocenters. The number of thiazole rings is 1. The van der Waals surface area contributed by atoms with Gasteiger partial charge >= 0.3 is 0 Å². The fourth-order valence-electron chi connectivity index (χ4n) is 4.79. The summed E-state index contributed by atoms with van der Waals surface area (Å²) in [6, 6.07) is 13.0. The van der Waals surface area contributed by atoms with Crippen molar-refractivity contribution in [3.8, 4) is 0 Å². The number of fused-ring (bicyclic) bond motifs is 1. The number of aromatic nitrogens is 1. The van der Waals surface area contributed by atoms with Crippen molar-refractivity contribution in [1.82, 2.24) is 14.2 Å². The quantitative estimate of drug-likeness (QED) is 0.552. The average molecular weight is 488 g/mol. The molecular weight excluding hydrogens is 461 g/mol. The second kappa shape index (κ2) is 9.12. The van der Waals surface area contributed by atoms with E-state index in [1.54, 1.807) is 11.3 Å². The molecule has 0 radical (unpaired) electrons. The number of nitrogens with zero attached hydrogens (tertiary/aromatic N) is 3. The van der Waals surface area contributed by atoms with Gasteiger partial charge in [0.1, 0.15) is 5.82 Å². The Bertz CT molecular complexity index is 1220. The Labute approximate surface area is 197 Å². The molecule has 0 unspecified atom stereocenters. The molecule has 6 nitrogen and oxygen atoms in total. The highest BCUT2D eigenvalue weighted by molar-refractivity contribution is 7.89. The molecule has 1 amide bonds. The first-order chi connectivity index (χ1) is 15.9. The van der Waals surface area contributed by atoms with Crippen LogP contribution in [0.3, 0.4) is 0 Å². The molecule has 2 aliphatic rings. The fourth-order valence-corrected chi connectivity index (χ4v) is 7.45. The van der Waals surface area contributed by atoms with E-state index >= 15 is 0 Å². The molecule has 3 aromatic rings. The molecule has 5 rings (SSSR count). The summed E-state index contributed by atoms with van der Waals surface area (Å²) >= 11 is 1.73. The number of hydrogen-bond acceptors (Lipinski definition) is 5. The molecule has 0 N–H and O–H groups in total. The maximum Gasteiger partial charge on any atom is 0.243 e. The van der Waals surface area contributed by atoms with Gasteiger partial charge in [-0.15, -0.1) is 11.3 Å². The van der Waals surface area contributed by atoms with Crippen molar-refractivity contribution in [2.24, 2.45) is 5.92 Å². The van der Waals surface area contributed by atoms with E-state index in [0.29, 0.717) is 38.4 Å². The molecule has 2 fully saturated rings. The lowest BCUT2D eigenvalue weighted by Gasteiger charge is -2.37. The number of para-hydroxylation sites is 1. The van der Waals surface area contributed by atoms with Crippen molar-refractivity contribution in [2.75, 3.05) is 26.2 Å². The van der Waals surface area contributed by atoms with Gasteiger partial charge in [0.15, 0.2) is 0 Å². The van der Waals surface area contributed by atoms with Crippen molar-refractivity contribution in [3.05, 3.63) is 59.4 Å². The number of amides is 1. The lowest BCUT2D eigenvalue weighted by molar-refractivity contribution is -0.137. The Kier molecular flexibility index (Phi) is 6.20. The van der Waals surface area contributed by atoms with Gasteiger partial charge in [0.05, 0.1) is 26.0 Å². The topological polar surface area (TPSA) is 70.6 Å². The average Bonchev–Trinajstić information content (AvgIpc) is 3.28. The van der Waals surface area contributed by atoms with E-state index in [9.17, 15) is 17.6 Å². The standard InChI is InChI=1S/C24H26FN3O3S2/c25-19-7-9-20(10-8-19)33(30,31)28-13-3-4-18(16-28)24(29)27-14-11-17(12-15-27)23-26-21-5-1-2-6-22(21)32-23/h1-2,5-10,17-18H,3-4,11-16H2/t18-/m1/s1. The molecule has 2 aliphatic heterocycles. The van der Waals surface area contributed by atoms with Crippen molar-refractivity contribution in [3.63, 3.8) is 0 Å². The van der Waals surface area contributed by atoms with Crippen LogP contribution < -0.4 is 0 Å². The number of halogens is 1. The van der Waals surface area contributed by atoms with Gasteiger partial charge < -0.3 is 4.90 Å². The van der Waals surface area contributed by atoms with Gasteiger partial charge in [0, 0.05) is 32.1 Å². The van der Waals surface area contributed by atoms with Crippen molar-refractivity contribution in [1.29, 1.82) is 0 Å². The van der Waals surface area contributed by atoms with Crippen LogP contribution in [-0.4, -0.2) is 54.7 Å². The molecule has 2 aromatic carbocycles. The zero-order chi connectivity index (χ0) is 23.0. The number of carbonyl (C=O) groups excluding carboxylic acids is 1. The van der Waals surface area contributed by atoms with E-state index in [1.165, 1.54) is 21.1 Å². The van der Waals surface area contributed by atoms with E-state index < -0.39 is 15.8 Å². The third-order valence-corrected chi connectivity index (χ3v) is 9.73. The number of hydrogen-bond donors (Lipinski definition) is 0. The normalized spacial score (nSPS) is 20.9. The maximum absolute atomic E-state index is 13.2. The third-order valence-electron chi connectivity index (χ3n) is 6.65. The van der Waals surface area contributed by atoms with Crippen LogP contribution >= 0.6 is 11.3 Å². The fraction of sp³-hybridized carbons (Fsp3) is 0.417. The smallest absolute Gasteiger partial charge is 0.243 e. The minimum absolute atomic E-state index is 0.0387. The molecule has 0 aliphatic carbocycles. The van der Waals surface area contributed by atoms with E-state index in [1.807, 2.05) is 23.1 Å². The molecule has 0 bridgehead atoms. The number of sulfonamides is 1. The van der Waals surface area contributed by atoms with Crippen molar-refractivity contribution < 1.29 is 17.6 Å². The highest BCUT2D eigenvalue weighted by Gasteiger charge is 2.36. The van der Waals surface area contributed by atoms with Gasteiger partial charge in [0.25, 0.3) is 0 Å². The predicted octanol–water partition coefficient (Wildman–Crippen LogP) is 4.24. The van der Waals surface area contributed by atoms with Crippen molar-refractivity contribution >= 4 is 37.5 Å². The molecule has 1 aromatic heterocycles. The summed E-state index contributed by atoms with van der Waals surface area (Å²) in [4.78, 5) is 20.0. The Hall–Kier alpha value is -2.36. The first kappa shape index (κ1) is 22.4. The van der Waals surface area contributed by atoms with Crippen molar-refractivity contribution in [2.45, 2.75) is 36.5 Å². The lowest BCUT2D eigenvalue weighted by atomic mass is 9.93. The first-order valence-electron chi connectivity index (χ1n) is 11.3. The van der Waals surface area contributed by atoms with Gasteiger partial charge in [-0.05, 0) is 62.1 Å². The largest absolute Gasteiger partial charge is 0.342 e. The molecule has 33 heavy (non-hydrogen) atoms. The van der Waals surface area contributed by atoms with Gasteiger partial charge in [-0.3, -0.25) is 4.79 Å². The Morgan fingerprint density at radius 2 is 1.73 bits per heavy atom. The van der Waals surface area contributed by atoms with Gasteiger partial charge in [-0.25, -0.2) is 17.8 Å². The Balaban J connectivity index is 1.22. The molecule has 3 heterocycles. The zero-order valence-electron chi connectivity index (χ0n) is 18.2. The summed E-state index contributed by atoms with van der Waals surface area (Å²) in [6.07, 6.45) is 3.07. The number of carbonyl (C=O) groups is 1. The van der Waals surface area contributed by atoms with Crippen LogP contribution in [0.4, 0.5) is 4.39 Å². The van der Waals surface area contributed by atoms with Crippen LogP contribution in [0.5, 0.6) is 0 Å². The minimum Gasteiger partial charge on any atom is -0.342 e. The van der Waals surface area contributed by atoms with Crippen LogP contribution in [-0.2, 0) is 14.8 Å². The summed E-state index contributed by atoms with van der Waals surface area (Å²) in [7, 11) is -3.74. The van der Waals surface area contributed by atoms with Crippen LogP contribution in [0, 0.1) is 11.7 Å². The lowest BCUT2D eigenvalue weighted by Crippen LogP contribution is -2.48. The molecule has 2 saturated heterocycles. The summed E-state index contributed by atoms with van der Waals surface area (Å²) in [5, 5.41) is 1.14. The predicted molar refractivity (Wildman–Crippen MR) is 126 cm³/mol. The van der Waals surface area contributed by atoms with Crippen LogP contribution in [0.2, 0.25) is 0 Å². The SMILES string of the molecule is O=C([C@@H]1CCCN(S(=O)(=O)c2ccc(F)cc2)C1)N1CCC(c2nc3ccccc3s2)CC1. The summed E-state index contributed by atoms with van der Waals surface area (Å²) in [6.45, 7) is 1.89. The van der Waals surface area contributed by atoms with E-state index in [0.717, 1.165) is 35.5 Å². The number of benzene rings is 2. The Morgan fingerprint density at radius 1 is 1.00 bits per heavy atom. The molecule has 9 heteroatoms. The van der Waals surface area contributed by atoms with Gasteiger partial charge in [-0.1, -0.05) is 12.1 Å².